The highest BCUT2D eigenvalue weighted by atomic mass is 35.5. The highest BCUT2D eigenvalue weighted by Gasteiger charge is 2.13. The number of nitrogens with zero attached hydrogens (tertiary/aromatic N) is 1. The monoisotopic (exact) mass is 316 g/mol. The Morgan fingerprint density at radius 3 is 2.55 bits per heavy atom. The predicted molar refractivity (Wildman–Crippen MR) is 86.3 cm³/mol. The molecule has 0 bridgehead atoms. The smallest absolute Gasteiger partial charge is 0.289 e. The Labute approximate surface area is 132 Å². The lowest BCUT2D eigenvalue weighted by Crippen LogP contribution is -2.06. The minimum Gasteiger partial charge on any atom is -0.359 e. The van der Waals surface area contributed by atoms with Crippen molar-refractivity contribution >= 4 is 28.8 Å². The molecule has 0 heterocycles. The van der Waals surface area contributed by atoms with Gasteiger partial charge in [-0.05, 0) is 12.1 Å². The Balaban J connectivity index is 2.05. The molecule has 0 saturated heterocycles. The molecule has 0 amide bonds. The number of rotatable bonds is 6. The number of nitrogens with one attached hydrogen (secondary N) is 1. The third kappa shape index (κ3) is 3.93. The summed E-state index contributed by atoms with van der Waals surface area (Å²) >= 11 is 5.75. The number of carbonyl (C=O) groups is 1. The zero-order valence-electron chi connectivity index (χ0n) is 11.6. The Morgan fingerprint density at radius 2 is 1.91 bits per heavy atom. The summed E-state index contributed by atoms with van der Waals surface area (Å²) in [5.41, 5.74) is 1.30. The number of carbonyl (C=O) groups excluding carboxylic acids is 1. The van der Waals surface area contributed by atoms with Gasteiger partial charge in [0.25, 0.3) is 5.69 Å². The van der Waals surface area contributed by atoms with Crippen LogP contribution in [0.2, 0.25) is 5.02 Å². The second kappa shape index (κ2) is 6.87. The van der Waals surface area contributed by atoms with E-state index >= 15 is 0 Å². The summed E-state index contributed by atoms with van der Waals surface area (Å²) in [6, 6.07) is 13.2. The van der Waals surface area contributed by atoms with Gasteiger partial charge in [0.05, 0.1) is 11.3 Å². The van der Waals surface area contributed by atoms with Crippen molar-refractivity contribution in [3.8, 4) is 0 Å². The summed E-state index contributed by atoms with van der Waals surface area (Å²) in [4.78, 5) is 22.3. The van der Waals surface area contributed by atoms with Gasteiger partial charge >= 0.3 is 0 Å². The first-order valence-corrected chi connectivity index (χ1v) is 6.82. The second-order valence-electron chi connectivity index (χ2n) is 4.62. The molecule has 0 saturated carbocycles. The van der Waals surface area contributed by atoms with Crippen LogP contribution in [0.25, 0.3) is 0 Å². The fourth-order valence-electron chi connectivity index (χ4n) is 1.90. The zero-order valence-corrected chi connectivity index (χ0v) is 12.3. The van der Waals surface area contributed by atoms with E-state index in [2.05, 4.69) is 11.9 Å². The van der Waals surface area contributed by atoms with Crippen LogP contribution in [0.1, 0.15) is 16.8 Å². The molecule has 0 atom stereocenters. The molecule has 5 nitrogen and oxygen atoms in total. The number of hydrogen-bond acceptors (Lipinski definition) is 4. The molecule has 1 N–H and O–H groups in total. The maximum absolute atomic E-state index is 12.0. The number of nitro benzene ring substituents is 1. The SMILES string of the molecule is C=C(CC(=O)c1ccccc1)Nc1ccc(Cl)c([N+](=O)[O-])c1. The molecule has 2 rings (SSSR count). The van der Waals surface area contributed by atoms with Gasteiger partial charge in [-0.15, -0.1) is 0 Å². The van der Waals surface area contributed by atoms with Gasteiger partial charge < -0.3 is 5.32 Å². The van der Waals surface area contributed by atoms with E-state index in [1.165, 1.54) is 12.1 Å². The number of halogens is 1. The van der Waals surface area contributed by atoms with E-state index in [1.54, 1.807) is 30.3 Å². The molecule has 0 fully saturated rings. The van der Waals surface area contributed by atoms with Gasteiger partial charge in [0, 0.05) is 23.0 Å². The second-order valence-corrected chi connectivity index (χ2v) is 5.03. The van der Waals surface area contributed by atoms with Gasteiger partial charge in [-0.3, -0.25) is 14.9 Å². The van der Waals surface area contributed by atoms with Crippen LogP contribution in [0.3, 0.4) is 0 Å². The van der Waals surface area contributed by atoms with Crippen LogP contribution >= 0.6 is 11.6 Å². The number of hydrogen-bond donors (Lipinski definition) is 1. The van der Waals surface area contributed by atoms with Crippen molar-refractivity contribution in [2.45, 2.75) is 6.42 Å². The molecule has 112 valence electrons. The Morgan fingerprint density at radius 1 is 1.23 bits per heavy atom. The maximum atomic E-state index is 12.0. The first-order chi connectivity index (χ1) is 10.5. The number of Topliss-reactive ketones (excluding diaryl/α,β-unsaturated/α-hetero) is 1. The zero-order chi connectivity index (χ0) is 16.1. The minimum absolute atomic E-state index is 0.0570. The van der Waals surface area contributed by atoms with E-state index in [4.69, 9.17) is 11.6 Å². The highest BCUT2D eigenvalue weighted by molar-refractivity contribution is 6.32. The minimum atomic E-state index is -0.564. The molecular weight excluding hydrogens is 304 g/mol. The lowest BCUT2D eigenvalue weighted by atomic mass is 10.1. The molecule has 0 aliphatic rings. The van der Waals surface area contributed by atoms with Gasteiger partial charge in [-0.2, -0.15) is 0 Å². The number of benzene rings is 2. The molecule has 6 heteroatoms. The quantitative estimate of drug-likeness (QED) is 0.485. The largest absolute Gasteiger partial charge is 0.359 e. The molecule has 0 aliphatic heterocycles. The molecular formula is C16H13ClN2O3. The van der Waals surface area contributed by atoms with Crippen LogP contribution in [0, 0.1) is 10.1 Å². The molecule has 22 heavy (non-hydrogen) atoms. The van der Waals surface area contributed by atoms with Gasteiger partial charge in [0.15, 0.2) is 5.78 Å². The molecule has 0 aliphatic carbocycles. The standard InChI is InChI=1S/C16H13ClN2O3/c1-11(9-16(20)12-5-3-2-4-6-12)18-13-7-8-14(17)15(10-13)19(21)22/h2-8,10,18H,1,9H2. The molecule has 0 aromatic heterocycles. The fraction of sp³-hybridized carbons (Fsp3) is 0.0625. The summed E-state index contributed by atoms with van der Waals surface area (Å²) in [6.45, 7) is 3.78. The molecule has 2 aromatic carbocycles. The van der Waals surface area contributed by atoms with Crippen LogP contribution in [0.5, 0.6) is 0 Å². The van der Waals surface area contributed by atoms with E-state index < -0.39 is 4.92 Å². The van der Waals surface area contributed by atoms with E-state index in [0.717, 1.165) is 0 Å². The van der Waals surface area contributed by atoms with Crippen LogP contribution < -0.4 is 5.32 Å². The summed E-state index contributed by atoms with van der Waals surface area (Å²) < 4.78 is 0. The van der Waals surface area contributed by atoms with Crippen molar-refractivity contribution in [1.82, 2.24) is 0 Å². The molecule has 0 radical (unpaired) electrons. The van der Waals surface area contributed by atoms with Crippen molar-refractivity contribution in [3.05, 3.63) is 81.5 Å². The average Bonchev–Trinajstić information content (AvgIpc) is 2.49. The average molecular weight is 317 g/mol. The fourth-order valence-corrected chi connectivity index (χ4v) is 2.09. The van der Waals surface area contributed by atoms with Crippen molar-refractivity contribution in [2.75, 3.05) is 5.32 Å². The van der Waals surface area contributed by atoms with Gasteiger partial charge in [0.1, 0.15) is 5.02 Å². The van der Waals surface area contributed by atoms with Gasteiger partial charge in [-0.1, -0.05) is 48.5 Å². The number of allylic oxidation sites excluding steroid dienone is 1. The predicted octanol–water partition coefficient (Wildman–Crippen LogP) is 4.45. The van der Waals surface area contributed by atoms with Crippen molar-refractivity contribution in [2.24, 2.45) is 0 Å². The van der Waals surface area contributed by atoms with Crippen LogP contribution in [0.15, 0.2) is 60.8 Å². The van der Waals surface area contributed by atoms with Crippen LogP contribution in [-0.4, -0.2) is 10.7 Å². The third-order valence-corrected chi connectivity index (χ3v) is 3.25. The summed E-state index contributed by atoms with van der Waals surface area (Å²) in [6.07, 6.45) is 0.0977. The van der Waals surface area contributed by atoms with Gasteiger partial charge in [-0.25, -0.2) is 0 Å². The van der Waals surface area contributed by atoms with Crippen molar-refractivity contribution < 1.29 is 9.72 Å². The number of ketones is 1. The lowest BCUT2D eigenvalue weighted by Gasteiger charge is -2.09. The number of anilines is 1. The summed E-state index contributed by atoms with van der Waals surface area (Å²) in [5.74, 6) is -0.0819. The third-order valence-electron chi connectivity index (χ3n) is 2.93. The topological polar surface area (TPSA) is 72.2 Å². The van der Waals surface area contributed by atoms with Crippen LogP contribution in [-0.2, 0) is 0 Å². The van der Waals surface area contributed by atoms with Crippen LogP contribution in [0.4, 0.5) is 11.4 Å². The van der Waals surface area contributed by atoms with E-state index in [1.807, 2.05) is 6.07 Å². The molecule has 0 spiro atoms. The normalized spacial score (nSPS) is 10.0. The number of nitro groups is 1. The molecule has 2 aromatic rings. The first kappa shape index (κ1) is 15.7. The van der Waals surface area contributed by atoms with Gasteiger partial charge in [0.2, 0.25) is 0 Å². The summed E-state index contributed by atoms with van der Waals surface area (Å²) in [5, 5.41) is 13.8. The summed E-state index contributed by atoms with van der Waals surface area (Å²) in [7, 11) is 0. The van der Waals surface area contributed by atoms with E-state index in [-0.39, 0.29) is 22.9 Å². The highest BCUT2D eigenvalue weighted by Crippen LogP contribution is 2.28. The lowest BCUT2D eigenvalue weighted by molar-refractivity contribution is -0.384. The Hall–Kier alpha value is -2.66. The van der Waals surface area contributed by atoms with E-state index in [9.17, 15) is 14.9 Å². The first-order valence-electron chi connectivity index (χ1n) is 6.44. The maximum Gasteiger partial charge on any atom is 0.289 e. The van der Waals surface area contributed by atoms with E-state index in [0.29, 0.717) is 16.9 Å². The van der Waals surface area contributed by atoms with Crippen molar-refractivity contribution in [1.29, 1.82) is 0 Å². The Kier molecular flexibility index (Phi) is 4.91. The Bertz CT molecular complexity index is 729. The van der Waals surface area contributed by atoms with Crippen molar-refractivity contribution in [3.63, 3.8) is 0 Å². The molecule has 0 unspecified atom stereocenters.